The predicted octanol–water partition coefficient (Wildman–Crippen LogP) is 4.60. The lowest BCUT2D eigenvalue weighted by molar-refractivity contribution is 0.0738. The number of hydrogen-bond acceptors (Lipinski definition) is 4. The van der Waals surface area contributed by atoms with Crippen LogP contribution in [0.25, 0.3) is 0 Å². The van der Waals surface area contributed by atoms with Crippen molar-refractivity contribution in [1.82, 2.24) is 9.88 Å². The Kier molecular flexibility index (Phi) is 5.31. The Morgan fingerprint density at radius 2 is 1.72 bits per heavy atom. The van der Waals surface area contributed by atoms with Gasteiger partial charge >= 0.3 is 6.03 Å². The number of nitrogens with zero attached hydrogens (tertiary/aromatic N) is 2. The monoisotopic (exact) mass is 406 g/mol. The minimum atomic E-state index is -0.381. The molecule has 0 fully saturated rings. The summed E-state index contributed by atoms with van der Waals surface area (Å²) in [4.78, 5) is 32.0. The van der Waals surface area contributed by atoms with Crippen LogP contribution in [-0.2, 0) is 13.0 Å². The molecule has 4 rings (SSSR count). The SMILES string of the molecule is Cc1ccc(NC(=O)Nc2nc(C)c(C(=O)N3CCc4ccccc4C3)s2)cc1. The van der Waals surface area contributed by atoms with Crippen molar-refractivity contribution >= 4 is 34.1 Å². The topological polar surface area (TPSA) is 74.3 Å². The summed E-state index contributed by atoms with van der Waals surface area (Å²) < 4.78 is 0. The van der Waals surface area contributed by atoms with Crippen molar-refractivity contribution in [3.63, 3.8) is 0 Å². The van der Waals surface area contributed by atoms with Gasteiger partial charge in [-0.25, -0.2) is 9.78 Å². The van der Waals surface area contributed by atoms with Crippen LogP contribution < -0.4 is 10.6 Å². The maximum atomic E-state index is 13.0. The quantitative estimate of drug-likeness (QED) is 0.667. The molecular formula is C22H22N4O2S. The second kappa shape index (κ2) is 8.05. The van der Waals surface area contributed by atoms with Crippen molar-refractivity contribution < 1.29 is 9.59 Å². The van der Waals surface area contributed by atoms with Crippen LogP contribution in [0.4, 0.5) is 15.6 Å². The average molecular weight is 407 g/mol. The Balaban J connectivity index is 1.43. The van der Waals surface area contributed by atoms with Gasteiger partial charge in [-0.05, 0) is 43.5 Å². The highest BCUT2D eigenvalue weighted by molar-refractivity contribution is 7.17. The Hall–Kier alpha value is -3.19. The summed E-state index contributed by atoms with van der Waals surface area (Å²) in [6.07, 6.45) is 0.851. The number of thiazole rings is 1. The van der Waals surface area contributed by atoms with Crippen LogP contribution in [0.2, 0.25) is 0 Å². The standard InChI is InChI=1S/C22H22N4O2S/c1-14-7-9-18(10-8-14)24-21(28)25-22-23-15(2)19(29-22)20(27)26-12-11-16-5-3-4-6-17(16)13-26/h3-10H,11-13H2,1-2H3,(H2,23,24,25,28). The van der Waals surface area contributed by atoms with Gasteiger partial charge < -0.3 is 10.2 Å². The van der Waals surface area contributed by atoms with Gasteiger partial charge in [-0.1, -0.05) is 53.3 Å². The average Bonchev–Trinajstić information content (AvgIpc) is 3.08. The van der Waals surface area contributed by atoms with E-state index in [1.807, 2.05) is 48.2 Å². The zero-order valence-corrected chi connectivity index (χ0v) is 17.2. The Labute approximate surface area is 173 Å². The molecular weight excluding hydrogens is 384 g/mol. The normalized spacial score (nSPS) is 13.0. The molecule has 3 amide bonds. The number of amides is 3. The maximum Gasteiger partial charge on any atom is 0.325 e. The lowest BCUT2D eigenvalue weighted by Crippen LogP contribution is -2.35. The molecule has 0 saturated heterocycles. The molecule has 0 aliphatic carbocycles. The Morgan fingerprint density at radius 1 is 1.00 bits per heavy atom. The minimum Gasteiger partial charge on any atom is -0.333 e. The number of benzene rings is 2. The zero-order valence-electron chi connectivity index (χ0n) is 16.4. The molecule has 0 unspecified atom stereocenters. The fraction of sp³-hybridized carbons (Fsp3) is 0.227. The van der Waals surface area contributed by atoms with E-state index in [-0.39, 0.29) is 11.9 Å². The molecule has 3 aromatic rings. The first-order valence-corrected chi connectivity index (χ1v) is 10.3. The van der Waals surface area contributed by atoms with Gasteiger partial charge in [-0.15, -0.1) is 0 Å². The number of carbonyl (C=O) groups excluding carboxylic acids is 2. The van der Waals surface area contributed by atoms with Crippen LogP contribution in [0.3, 0.4) is 0 Å². The van der Waals surface area contributed by atoms with Gasteiger partial charge in [0.1, 0.15) is 4.88 Å². The molecule has 6 nitrogen and oxygen atoms in total. The predicted molar refractivity (Wildman–Crippen MR) is 116 cm³/mol. The molecule has 2 heterocycles. The van der Waals surface area contributed by atoms with E-state index in [1.54, 1.807) is 6.92 Å². The molecule has 2 N–H and O–H groups in total. The summed E-state index contributed by atoms with van der Waals surface area (Å²) >= 11 is 1.21. The first kappa shape index (κ1) is 19.1. The molecule has 1 aliphatic heterocycles. The van der Waals surface area contributed by atoms with Crippen molar-refractivity contribution in [2.24, 2.45) is 0 Å². The fourth-order valence-electron chi connectivity index (χ4n) is 3.36. The van der Waals surface area contributed by atoms with E-state index in [2.05, 4.69) is 27.8 Å². The third-order valence-corrected chi connectivity index (χ3v) is 6.00. The van der Waals surface area contributed by atoms with E-state index >= 15 is 0 Å². The van der Waals surface area contributed by atoms with Crippen LogP contribution >= 0.6 is 11.3 Å². The molecule has 1 aromatic heterocycles. The number of urea groups is 1. The number of fused-ring (bicyclic) bond motifs is 1. The molecule has 148 valence electrons. The van der Waals surface area contributed by atoms with Crippen molar-refractivity contribution in [2.75, 3.05) is 17.2 Å². The Morgan fingerprint density at radius 3 is 2.48 bits per heavy atom. The Bertz CT molecular complexity index is 1060. The highest BCUT2D eigenvalue weighted by Crippen LogP contribution is 2.27. The van der Waals surface area contributed by atoms with Gasteiger partial charge in [0.15, 0.2) is 5.13 Å². The summed E-state index contributed by atoms with van der Waals surface area (Å²) in [5, 5.41) is 5.91. The molecule has 29 heavy (non-hydrogen) atoms. The summed E-state index contributed by atoms with van der Waals surface area (Å²) in [7, 11) is 0. The molecule has 0 radical (unpaired) electrons. The first-order valence-electron chi connectivity index (χ1n) is 9.48. The number of nitrogens with one attached hydrogen (secondary N) is 2. The lowest BCUT2D eigenvalue weighted by atomic mass is 10.00. The highest BCUT2D eigenvalue weighted by atomic mass is 32.1. The number of hydrogen-bond donors (Lipinski definition) is 2. The number of anilines is 2. The van der Waals surface area contributed by atoms with E-state index in [1.165, 1.54) is 22.5 Å². The third-order valence-electron chi connectivity index (χ3n) is 4.94. The van der Waals surface area contributed by atoms with E-state index in [9.17, 15) is 9.59 Å². The minimum absolute atomic E-state index is 0.0403. The van der Waals surface area contributed by atoms with Crippen LogP contribution in [0.1, 0.15) is 32.1 Å². The van der Waals surface area contributed by atoms with Crippen molar-refractivity contribution in [3.8, 4) is 0 Å². The van der Waals surface area contributed by atoms with E-state index in [0.29, 0.717) is 34.5 Å². The number of rotatable bonds is 3. The van der Waals surface area contributed by atoms with E-state index in [0.717, 1.165) is 12.0 Å². The number of carbonyl (C=O) groups is 2. The van der Waals surface area contributed by atoms with Gasteiger partial charge in [-0.2, -0.15) is 0 Å². The largest absolute Gasteiger partial charge is 0.333 e. The molecule has 0 spiro atoms. The molecule has 7 heteroatoms. The molecule has 1 aliphatic rings. The van der Waals surface area contributed by atoms with Crippen LogP contribution in [0.5, 0.6) is 0 Å². The van der Waals surface area contributed by atoms with Gasteiger partial charge in [0, 0.05) is 18.8 Å². The van der Waals surface area contributed by atoms with E-state index in [4.69, 9.17) is 0 Å². The highest BCUT2D eigenvalue weighted by Gasteiger charge is 2.25. The number of aromatic nitrogens is 1. The summed E-state index contributed by atoms with van der Waals surface area (Å²) in [5.74, 6) is -0.0403. The lowest BCUT2D eigenvalue weighted by Gasteiger charge is -2.28. The van der Waals surface area contributed by atoms with Crippen LogP contribution in [-0.4, -0.2) is 28.4 Å². The fourth-order valence-corrected chi connectivity index (χ4v) is 4.29. The molecule has 0 saturated carbocycles. The molecule has 2 aromatic carbocycles. The molecule has 0 bridgehead atoms. The third kappa shape index (κ3) is 4.30. The van der Waals surface area contributed by atoms with Crippen molar-refractivity contribution in [2.45, 2.75) is 26.8 Å². The number of aryl methyl sites for hydroxylation is 2. The second-order valence-electron chi connectivity index (χ2n) is 7.12. The van der Waals surface area contributed by atoms with E-state index < -0.39 is 0 Å². The summed E-state index contributed by atoms with van der Waals surface area (Å²) in [6, 6.07) is 15.4. The van der Waals surface area contributed by atoms with Crippen LogP contribution in [0, 0.1) is 13.8 Å². The van der Waals surface area contributed by atoms with Crippen LogP contribution in [0.15, 0.2) is 48.5 Å². The smallest absolute Gasteiger partial charge is 0.325 e. The maximum absolute atomic E-state index is 13.0. The molecule has 0 atom stereocenters. The first-order chi connectivity index (χ1) is 14.0. The van der Waals surface area contributed by atoms with Crippen molar-refractivity contribution in [1.29, 1.82) is 0 Å². The van der Waals surface area contributed by atoms with Crippen molar-refractivity contribution in [3.05, 3.63) is 75.8 Å². The van der Waals surface area contributed by atoms with Gasteiger partial charge in [0.25, 0.3) is 5.91 Å². The second-order valence-corrected chi connectivity index (χ2v) is 8.12. The van der Waals surface area contributed by atoms with Gasteiger partial charge in [-0.3, -0.25) is 10.1 Å². The zero-order chi connectivity index (χ0) is 20.4. The van der Waals surface area contributed by atoms with Gasteiger partial charge in [0.2, 0.25) is 0 Å². The van der Waals surface area contributed by atoms with Gasteiger partial charge in [0.05, 0.1) is 5.69 Å². The summed E-state index contributed by atoms with van der Waals surface area (Å²) in [6.45, 7) is 5.07. The summed E-state index contributed by atoms with van der Waals surface area (Å²) in [5.41, 5.74) is 4.93.